The monoisotopic (exact) mass is 467 g/mol. The van der Waals surface area contributed by atoms with Crippen LogP contribution in [0.2, 0.25) is 0 Å². The first-order valence-corrected chi connectivity index (χ1v) is 13.0. The van der Waals surface area contributed by atoms with Gasteiger partial charge in [0.2, 0.25) is 0 Å². The van der Waals surface area contributed by atoms with Crippen LogP contribution < -0.4 is 5.32 Å². The first kappa shape index (κ1) is 23.6. The van der Waals surface area contributed by atoms with Crippen molar-refractivity contribution in [1.29, 1.82) is 0 Å². The van der Waals surface area contributed by atoms with Gasteiger partial charge in [-0.3, -0.25) is 4.79 Å². The minimum Gasteiger partial charge on any atom is -0.444 e. The standard InChI is InChI=1S/C21H29N3O5S2/c1-5-24-16-12-31(27,28)13-17(16)30-19(24)23-18(25)15(11-14-9-7-6-8-10-14)22-20(26)29-21(2,3)4/h6-10,15-17H,5,11-13H2,1-4H3,(H,22,26)/t15-,16-,17-/m0/s1. The maximum absolute atomic E-state index is 13.1. The van der Waals surface area contributed by atoms with Crippen molar-refractivity contribution in [1.82, 2.24) is 10.2 Å². The molecule has 2 heterocycles. The molecule has 1 aromatic carbocycles. The number of nitrogens with zero attached hydrogens (tertiary/aromatic N) is 2. The van der Waals surface area contributed by atoms with Crippen molar-refractivity contribution in [2.75, 3.05) is 18.1 Å². The van der Waals surface area contributed by atoms with Crippen molar-refractivity contribution < 1.29 is 22.7 Å². The topological polar surface area (TPSA) is 105 Å². The van der Waals surface area contributed by atoms with E-state index in [2.05, 4.69) is 10.3 Å². The smallest absolute Gasteiger partial charge is 0.408 e. The summed E-state index contributed by atoms with van der Waals surface area (Å²) < 4.78 is 29.3. The number of ether oxygens (including phenoxy) is 1. The molecule has 31 heavy (non-hydrogen) atoms. The Balaban J connectivity index is 1.79. The number of hydrogen-bond acceptors (Lipinski definition) is 6. The van der Waals surface area contributed by atoms with E-state index in [1.807, 2.05) is 42.2 Å². The van der Waals surface area contributed by atoms with Gasteiger partial charge in [-0.15, -0.1) is 0 Å². The number of aliphatic imine (C=N–C) groups is 1. The molecule has 8 nitrogen and oxygen atoms in total. The van der Waals surface area contributed by atoms with Crippen LogP contribution in [-0.2, 0) is 25.8 Å². The number of hydrogen-bond donors (Lipinski definition) is 1. The first-order chi connectivity index (χ1) is 14.5. The molecule has 2 aliphatic rings. The zero-order chi connectivity index (χ0) is 22.8. The fourth-order valence-corrected chi connectivity index (χ4v) is 7.70. The number of thioether (sulfide) groups is 1. The SMILES string of the molecule is CCN1C(=NC(=O)[C@H](Cc2ccccc2)NC(=O)OC(C)(C)C)S[C@H]2CS(=O)(=O)C[C@@H]21. The van der Waals surface area contributed by atoms with Crippen molar-refractivity contribution in [3.05, 3.63) is 35.9 Å². The number of sulfone groups is 1. The van der Waals surface area contributed by atoms with Crippen LogP contribution in [-0.4, -0.2) is 71.5 Å². The highest BCUT2D eigenvalue weighted by Gasteiger charge is 2.48. The van der Waals surface area contributed by atoms with E-state index in [4.69, 9.17) is 4.74 Å². The predicted octanol–water partition coefficient (Wildman–Crippen LogP) is 2.24. The maximum Gasteiger partial charge on any atom is 0.408 e. The van der Waals surface area contributed by atoms with Crippen molar-refractivity contribution in [2.24, 2.45) is 4.99 Å². The summed E-state index contributed by atoms with van der Waals surface area (Å²) in [6.07, 6.45) is -0.412. The summed E-state index contributed by atoms with van der Waals surface area (Å²) in [6, 6.07) is 8.30. The number of alkyl carbamates (subject to hydrolysis) is 1. The predicted molar refractivity (Wildman–Crippen MR) is 122 cm³/mol. The molecule has 2 amide bonds. The van der Waals surface area contributed by atoms with Crippen LogP contribution in [0, 0.1) is 0 Å². The highest BCUT2D eigenvalue weighted by atomic mass is 32.2. The number of amidine groups is 1. The lowest BCUT2D eigenvalue weighted by atomic mass is 10.1. The molecule has 0 unspecified atom stereocenters. The summed E-state index contributed by atoms with van der Waals surface area (Å²) in [5.41, 5.74) is 0.186. The zero-order valence-corrected chi connectivity index (χ0v) is 19.8. The fourth-order valence-electron chi connectivity index (χ4n) is 3.68. The van der Waals surface area contributed by atoms with Crippen LogP contribution in [0.3, 0.4) is 0 Å². The molecule has 0 saturated carbocycles. The number of nitrogens with one attached hydrogen (secondary N) is 1. The minimum absolute atomic E-state index is 0.0787. The lowest BCUT2D eigenvalue weighted by Gasteiger charge is -2.24. The van der Waals surface area contributed by atoms with Crippen LogP contribution in [0.4, 0.5) is 4.79 Å². The highest BCUT2D eigenvalue weighted by molar-refractivity contribution is 8.15. The second-order valence-corrected chi connectivity index (χ2v) is 12.1. The van der Waals surface area contributed by atoms with Gasteiger partial charge < -0.3 is 15.0 Å². The molecule has 1 N–H and O–H groups in total. The van der Waals surface area contributed by atoms with E-state index in [1.165, 1.54) is 11.8 Å². The van der Waals surface area contributed by atoms with E-state index >= 15 is 0 Å². The molecule has 0 spiro atoms. The number of benzene rings is 1. The molecule has 2 fully saturated rings. The van der Waals surface area contributed by atoms with Gasteiger partial charge in [0, 0.05) is 18.2 Å². The van der Waals surface area contributed by atoms with E-state index in [1.54, 1.807) is 20.8 Å². The molecule has 170 valence electrons. The third-order valence-corrected chi connectivity index (χ3v) is 8.24. The number of fused-ring (bicyclic) bond motifs is 1. The zero-order valence-electron chi connectivity index (χ0n) is 18.2. The Hall–Kier alpha value is -2.07. The normalized spacial score (nSPS) is 24.6. The average Bonchev–Trinajstić information content (AvgIpc) is 3.10. The minimum atomic E-state index is -3.07. The number of carbonyl (C=O) groups excluding carboxylic acids is 2. The largest absolute Gasteiger partial charge is 0.444 e. The second kappa shape index (κ2) is 9.20. The van der Waals surface area contributed by atoms with Gasteiger partial charge in [0.15, 0.2) is 15.0 Å². The Labute approximate surface area is 187 Å². The van der Waals surface area contributed by atoms with E-state index < -0.39 is 33.5 Å². The van der Waals surface area contributed by atoms with Gasteiger partial charge in [-0.1, -0.05) is 42.1 Å². The van der Waals surface area contributed by atoms with Crippen molar-refractivity contribution in [3.8, 4) is 0 Å². The molecular formula is C21H29N3O5S2. The van der Waals surface area contributed by atoms with Gasteiger partial charge in [0.05, 0.1) is 17.5 Å². The number of rotatable bonds is 5. The van der Waals surface area contributed by atoms with Gasteiger partial charge in [-0.2, -0.15) is 4.99 Å². The Kier molecular flexibility index (Phi) is 7.00. The van der Waals surface area contributed by atoms with Crippen molar-refractivity contribution in [3.63, 3.8) is 0 Å². The molecule has 3 atom stereocenters. The van der Waals surface area contributed by atoms with E-state index in [0.717, 1.165) is 5.56 Å². The Morgan fingerprint density at radius 1 is 1.26 bits per heavy atom. The third kappa shape index (κ3) is 6.22. The average molecular weight is 468 g/mol. The molecule has 0 bridgehead atoms. The Morgan fingerprint density at radius 2 is 1.94 bits per heavy atom. The maximum atomic E-state index is 13.1. The second-order valence-electron chi connectivity index (χ2n) is 8.71. The summed E-state index contributed by atoms with van der Waals surface area (Å²) in [5, 5.41) is 3.04. The molecule has 0 aliphatic carbocycles. The fraction of sp³-hybridized carbons (Fsp3) is 0.571. The first-order valence-electron chi connectivity index (χ1n) is 10.3. The molecule has 1 aromatic rings. The summed E-state index contributed by atoms with van der Waals surface area (Å²) in [7, 11) is -3.07. The lowest BCUT2D eigenvalue weighted by molar-refractivity contribution is -0.119. The van der Waals surface area contributed by atoms with Crippen LogP contribution >= 0.6 is 11.8 Å². The molecule has 3 rings (SSSR count). The molecule has 10 heteroatoms. The third-order valence-electron chi connectivity index (χ3n) is 4.99. The van der Waals surface area contributed by atoms with E-state index in [0.29, 0.717) is 11.7 Å². The van der Waals surface area contributed by atoms with Gasteiger partial charge in [-0.05, 0) is 33.3 Å². The van der Waals surface area contributed by atoms with Crippen molar-refractivity contribution >= 4 is 38.8 Å². The van der Waals surface area contributed by atoms with Crippen LogP contribution in [0.5, 0.6) is 0 Å². The van der Waals surface area contributed by atoms with E-state index in [-0.39, 0.29) is 29.2 Å². The van der Waals surface area contributed by atoms with E-state index in [9.17, 15) is 18.0 Å². The summed E-state index contributed by atoms with van der Waals surface area (Å²) in [6.45, 7) is 7.72. The quantitative estimate of drug-likeness (QED) is 0.708. The van der Waals surface area contributed by atoms with Crippen LogP contribution in [0.1, 0.15) is 33.3 Å². The van der Waals surface area contributed by atoms with Crippen LogP contribution in [0.15, 0.2) is 35.3 Å². The van der Waals surface area contributed by atoms with Gasteiger partial charge in [-0.25, -0.2) is 13.2 Å². The number of carbonyl (C=O) groups is 2. The molecule has 0 radical (unpaired) electrons. The summed E-state index contributed by atoms with van der Waals surface area (Å²) in [5.74, 6) is -0.316. The molecule has 2 saturated heterocycles. The summed E-state index contributed by atoms with van der Waals surface area (Å²) in [4.78, 5) is 31.6. The highest BCUT2D eigenvalue weighted by Crippen LogP contribution is 2.37. The van der Waals surface area contributed by atoms with Gasteiger partial charge in [0.1, 0.15) is 11.6 Å². The van der Waals surface area contributed by atoms with Gasteiger partial charge in [0.25, 0.3) is 5.91 Å². The summed E-state index contributed by atoms with van der Waals surface area (Å²) >= 11 is 1.33. The van der Waals surface area contributed by atoms with Gasteiger partial charge >= 0.3 is 6.09 Å². The number of amides is 2. The molecule has 2 aliphatic heterocycles. The Morgan fingerprint density at radius 3 is 2.55 bits per heavy atom. The molecule has 0 aromatic heterocycles. The Bertz CT molecular complexity index is 957. The molecular weight excluding hydrogens is 438 g/mol. The lowest BCUT2D eigenvalue weighted by Crippen LogP contribution is -2.45. The van der Waals surface area contributed by atoms with Crippen molar-refractivity contribution in [2.45, 2.75) is 57.1 Å². The van der Waals surface area contributed by atoms with Crippen LogP contribution in [0.25, 0.3) is 0 Å².